The minimum Gasteiger partial charge on any atom is -0.485 e. The molecule has 0 amide bonds. The van der Waals surface area contributed by atoms with Crippen LogP contribution < -0.4 is 4.74 Å². The number of halogens is 1. The van der Waals surface area contributed by atoms with Gasteiger partial charge in [0.15, 0.2) is 0 Å². The highest BCUT2D eigenvalue weighted by Gasteiger charge is 2.26. The van der Waals surface area contributed by atoms with Gasteiger partial charge in [0.1, 0.15) is 17.7 Å². The zero-order valence-corrected chi connectivity index (χ0v) is 12.3. The summed E-state index contributed by atoms with van der Waals surface area (Å²) in [5.41, 5.74) is 2.69. The molecule has 0 spiro atoms. The van der Waals surface area contributed by atoms with Crippen molar-refractivity contribution in [3.63, 3.8) is 0 Å². The van der Waals surface area contributed by atoms with Gasteiger partial charge in [-0.25, -0.2) is 4.39 Å². The molecule has 0 aliphatic carbocycles. The summed E-state index contributed by atoms with van der Waals surface area (Å²) in [7, 11) is 0. The van der Waals surface area contributed by atoms with E-state index in [4.69, 9.17) is 9.47 Å². The van der Waals surface area contributed by atoms with Crippen molar-refractivity contribution in [3.05, 3.63) is 53.8 Å². The first-order valence-corrected chi connectivity index (χ1v) is 7.40. The van der Waals surface area contributed by atoms with Crippen molar-refractivity contribution in [3.8, 4) is 16.9 Å². The third kappa shape index (κ3) is 2.82. The maximum Gasteiger partial charge on any atom is 0.305 e. The van der Waals surface area contributed by atoms with Crippen LogP contribution in [0.4, 0.5) is 4.39 Å². The fourth-order valence-electron chi connectivity index (χ4n) is 2.75. The van der Waals surface area contributed by atoms with Crippen molar-refractivity contribution in [1.29, 1.82) is 0 Å². The van der Waals surface area contributed by atoms with Crippen LogP contribution in [0.5, 0.6) is 5.75 Å². The Morgan fingerprint density at radius 3 is 2.86 bits per heavy atom. The van der Waals surface area contributed by atoms with Crippen LogP contribution in [0.2, 0.25) is 0 Å². The van der Waals surface area contributed by atoms with E-state index in [0.717, 1.165) is 16.7 Å². The van der Waals surface area contributed by atoms with Gasteiger partial charge in [-0.15, -0.1) is 0 Å². The van der Waals surface area contributed by atoms with E-state index in [1.165, 1.54) is 12.1 Å². The van der Waals surface area contributed by atoms with E-state index in [1.54, 1.807) is 13.0 Å². The van der Waals surface area contributed by atoms with Gasteiger partial charge in [-0.2, -0.15) is 0 Å². The lowest BCUT2D eigenvalue weighted by Crippen LogP contribution is -2.16. The second-order valence-corrected chi connectivity index (χ2v) is 5.18. The minimum absolute atomic E-state index is 0.224. The first-order chi connectivity index (χ1) is 10.7. The molecule has 1 aliphatic rings. The van der Waals surface area contributed by atoms with Gasteiger partial charge in [-0.1, -0.05) is 24.3 Å². The van der Waals surface area contributed by atoms with Gasteiger partial charge < -0.3 is 9.47 Å². The average molecular weight is 300 g/mol. The monoisotopic (exact) mass is 300 g/mol. The molecule has 2 aromatic rings. The molecule has 2 aromatic carbocycles. The summed E-state index contributed by atoms with van der Waals surface area (Å²) in [6.07, 6.45) is 0.606. The maximum absolute atomic E-state index is 13.5. The van der Waals surface area contributed by atoms with Crippen LogP contribution >= 0.6 is 0 Å². The molecule has 1 heterocycles. The maximum atomic E-state index is 13.5. The molecule has 0 saturated heterocycles. The van der Waals surface area contributed by atoms with Gasteiger partial charge in [0.25, 0.3) is 0 Å². The minimum atomic E-state index is -0.290. The molecule has 0 fully saturated rings. The van der Waals surface area contributed by atoms with Gasteiger partial charge in [-0.3, -0.25) is 4.79 Å². The SMILES string of the molecule is CCOC(=O)CCC1Oc2ccc(F)cc2-c2ccccc21. The van der Waals surface area contributed by atoms with E-state index in [9.17, 15) is 9.18 Å². The predicted octanol–water partition coefficient (Wildman–Crippen LogP) is 4.27. The molecule has 114 valence electrons. The molecule has 0 saturated carbocycles. The first kappa shape index (κ1) is 14.6. The third-order valence-corrected chi connectivity index (χ3v) is 3.72. The summed E-state index contributed by atoms with van der Waals surface area (Å²) in [5, 5.41) is 0. The molecule has 1 unspecified atom stereocenters. The lowest BCUT2D eigenvalue weighted by atomic mass is 9.91. The van der Waals surface area contributed by atoms with Crippen molar-refractivity contribution < 1.29 is 18.7 Å². The summed E-state index contributed by atoms with van der Waals surface area (Å²) >= 11 is 0. The van der Waals surface area contributed by atoms with E-state index in [-0.39, 0.29) is 17.9 Å². The molecular weight excluding hydrogens is 283 g/mol. The van der Waals surface area contributed by atoms with Gasteiger partial charge >= 0.3 is 5.97 Å². The van der Waals surface area contributed by atoms with E-state index >= 15 is 0 Å². The van der Waals surface area contributed by atoms with Gasteiger partial charge in [0, 0.05) is 17.5 Å². The Hall–Kier alpha value is -2.36. The van der Waals surface area contributed by atoms with Crippen LogP contribution in [-0.4, -0.2) is 12.6 Å². The molecule has 0 bridgehead atoms. The molecule has 0 aromatic heterocycles. The average Bonchev–Trinajstić information content (AvgIpc) is 2.53. The Kier molecular flexibility index (Phi) is 4.09. The van der Waals surface area contributed by atoms with Crippen LogP contribution in [0, 0.1) is 5.82 Å². The van der Waals surface area contributed by atoms with Crippen LogP contribution in [-0.2, 0) is 9.53 Å². The first-order valence-electron chi connectivity index (χ1n) is 7.40. The standard InChI is InChI=1S/C18H17FO3/c1-2-21-18(20)10-9-16-14-6-4-3-5-13(14)15-11-12(19)7-8-17(15)22-16/h3-8,11,16H,2,9-10H2,1H3. The van der Waals surface area contributed by atoms with Gasteiger partial charge in [0.05, 0.1) is 6.61 Å². The molecule has 1 atom stereocenters. The fourth-order valence-corrected chi connectivity index (χ4v) is 2.75. The Morgan fingerprint density at radius 2 is 2.05 bits per heavy atom. The quantitative estimate of drug-likeness (QED) is 0.791. The van der Waals surface area contributed by atoms with E-state index in [2.05, 4.69) is 0 Å². The zero-order chi connectivity index (χ0) is 15.5. The molecular formula is C18H17FO3. The van der Waals surface area contributed by atoms with Crippen molar-refractivity contribution in [2.75, 3.05) is 6.61 Å². The number of hydrogen-bond donors (Lipinski definition) is 0. The summed E-state index contributed by atoms with van der Waals surface area (Å²) in [6.45, 7) is 2.16. The lowest BCUT2D eigenvalue weighted by molar-refractivity contribution is -0.143. The van der Waals surface area contributed by atoms with Crippen molar-refractivity contribution >= 4 is 5.97 Å². The second kappa shape index (κ2) is 6.18. The number of rotatable bonds is 4. The topological polar surface area (TPSA) is 35.5 Å². The molecule has 1 aliphatic heterocycles. The Morgan fingerprint density at radius 1 is 1.23 bits per heavy atom. The van der Waals surface area contributed by atoms with Crippen molar-refractivity contribution in [1.82, 2.24) is 0 Å². The number of esters is 1. The number of fused-ring (bicyclic) bond motifs is 3. The molecule has 4 heteroatoms. The molecule has 0 N–H and O–H groups in total. The predicted molar refractivity (Wildman–Crippen MR) is 81.1 cm³/mol. The summed E-state index contributed by atoms with van der Waals surface area (Å²) in [6, 6.07) is 12.3. The van der Waals surface area contributed by atoms with Crippen LogP contribution in [0.3, 0.4) is 0 Å². The lowest BCUT2D eigenvalue weighted by Gasteiger charge is -2.28. The van der Waals surface area contributed by atoms with Gasteiger partial charge in [-0.05, 0) is 37.1 Å². The Bertz CT molecular complexity index is 696. The largest absolute Gasteiger partial charge is 0.485 e. The van der Waals surface area contributed by atoms with Crippen molar-refractivity contribution in [2.24, 2.45) is 0 Å². The number of hydrogen-bond acceptors (Lipinski definition) is 3. The van der Waals surface area contributed by atoms with E-state index in [1.807, 2.05) is 24.3 Å². The number of carbonyl (C=O) groups is 1. The summed E-state index contributed by atoms with van der Waals surface area (Å²) in [4.78, 5) is 11.6. The number of carbonyl (C=O) groups excluding carboxylic acids is 1. The molecule has 0 radical (unpaired) electrons. The molecule has 22 heavy (non-hydrogen) atoms. The normalized spacial score (nSPS) is 15.5. The Balaban J connectivity index is 1.89. The zero-order valence-electron chi connectivity index (χ0n) is 12.3. The van der Waals surface area contributed by atoms with Gasteiger partial charge in [0.2, 0.25) is 0 Å². The smallest absolute Gasteiger partial charge is 0.305 e. The summed E-state index contributed by atoms with van der Waals surface area (Å²) < 4.78 is 24.4. The van der Waals surface area contributed by atoms with Crippen LogP contribution in [0.15, 0.2) is 42.5 Å². The van der Waals surface area contributed by atoms with Crippen LogP contribution in [0.1, 0.15) is 31.4 Å². The van der Waals surface area contributed by atoms with E-state index < -0.39 is 0 Å². The number of ether oxygens (including phenoxy) is 2. The highest BCUT2D eigenvalue weighted by atomic mass is 19.1. The fraction of sp³-hybridized carbons (Fsp3) is 0.278. The second-order valence-electron chi connectivity index (χ2n) is 5.18. The Labute approximate surface area is 128 Å². The molecule has 3 rings (SSSR count). The van der Waals surface area contributed by atoms with Crippen LogP contribution in [0.25, 0.3) is 11.1 Å². The van der Waals surface area contributed by atoms with E-state index in [0.29, 0.717) is 25.2 Å². The molecule has 3 nitrogen and oxygen atoms in total. The summed E-state index contributed by atoms with van der Waals surface area (Å²) in [5.74, 6) is 0.129. The third-order valence-electron chi connectivity index (χ3n) is 3.72. The van der Waals surface area contributed by atoms with Crippen molar-refractivity contribution in [2.45, 2.75) is 25.9 Å². The number of benzene rings is 2. The highest BCUT2D eigenvalue weighted by molar-refractivity contribution is 5.76. The highest BCUT2D eigenvalue weighted by Crippen LogP contribution is 2.43.